The van der Waals surface area contributed by atoms with Gasteiger partial charge in [0, 0.05) is 18.1 Å². The van der Waals surface area contributed by atoms with E-state index in [0.29, 0.717) is 0 Å². The van der Waals surface area contributed by atoms with Gasteiger partial charge in [-0.2, -0.15) is 0 Å². The lowest BCUT2D eigenvalue weighted by Gasteiger charge is -2.31. The maximum atomic E-state index is 3.52. The standard InChI is InChI=1S/C12H22N2/c1-2-10(7-9-13-8-1)14-11-3-4-12(14)6-5-11/h10-13H,1-9H2. The van der Waals surface area contributed by atoms with E-state index in [-0.39, 0.29) is 0 Å². The molecule has 0 saturated carbocycles. The van der Waals surface area contributed by atoms with Crippen molar-refractivity contribution in [2.24, 2.45) is 0 Å². The monoisotopic (exact) mass is 194 g/mol. The second-order valence-electron chi connectivity index (χ2n) is 5.24. The first-order valence-corrected chi connectivity index (χ1v) is 6.43. The summed E-state index contributed by atoms with van der Waals surface area (Å²) in [5.41, 5.74) is 0. The van der Waals surface area contributed by atoms with Gasteiger partial charge >= 0.3 is 0 Å². The summed E-state index contributed by atoms with van der Waals surface area (Å²) in [4.78, 5) is 2.90. The van der Waals surface area contributed by atoms with Gasteiger partial charge in [-0.3, -0.25) is 4.90 Å². The predicted octanol–water partition coefficient (Wildman–Crippen LogP) is 1.76. The lowest BCUT2D eigenvalue weighted by atomic mass is 10.0. The van der Waals surface area contributed by atoms with Crippen molar-refractivity contribution in [3.8, 4) is 0 Å². The maximum absolute atomic E-state index is 3.52. The van der Waals surface area contributed by atoms with Gasteiger partial charge in [0.05, 0.1) is 0 Å². The van der Waals surface area contributed by atoms with Gasteiger partial charge in [0.15, 0.2) is 0 Å². The van der Waals surface area contributed by atoms with E-state index >= 15 is 0 Å². The quantitative estimate of drug-likeness (QED) is 0.684. The fourth-order valence-corrected chi connectivity index (χ4v) is 3.85. The molecular weight excluding hydrogens is 172 g/mol. The summed E-state index contributed by atoms with van der Waals surface area (Å²) in [5, 5.41) is 3.52. The van der Waals surface area contributed by atoms with Crippen molar-refractivity contribution in [2.75, 3.05) is 13.1 Å². The van der Waals surface area contributed by atoms with Gasteiger partial charge in [0.2, 0.25) is 0 Å². The fourth-order valence-electron chi connectivity index (χ4n) is 3.85. The Labute approximate surface area is 87.0 Å². The zero-order valence-electron chi connectivity index (χ0n) is 9.04. The van der Waals surface area contributed by atoms with Crippen LogP contribution >= 0.6 is 0 Å². The van der Waals surface area contributed by atoms with Crippen molar-refractivity contribution in [2.45, 2.75) is 63.1 Å². The number of nitrogens with one attached hydrogen (secondary N) is 1. The Morgan fingerprint density at radius 1 is 0.714 bits per heavy atom. The third kappa shape index (κ3) is 1.49. The molecule has 2 heteroatoms. The first kappa shape index (κ1) is 9.17. The molecule has 0 spiro atoms. The topological polar surface area (TPSA) is 15.3 Å². The van der Waals surface area contributed by atoms with E-state index in [4.69, 9.17) is 0 Å². The zero-order valence-corrected chi connectivity index (χ0v) is 9.04. The van der Waals surface area contributed by atoms with E-state index in [1.807, 2.05) is 0 Å². The Balaban J connectivity index is 1.68. The van der Waals surface area contributed by atoms with Crippen LogP contribution in [0.5, 0.6) is 0 Å². The summed E-state index contributed by atoms with van der Waals surface area (Å²) in [6, 6.07) is 2.87. The first-order chi connectivity index (χ1) is 6.95. The van der Waals surface area contributed by atoms with E-state index < -0.39 is 0 Å². The molecule has 14 heavy (non-hydrogen) atoms. The molecule has 0 aromatic rings. The van der Waals surface area contributed by atoms with Gasteiger partial charge in [0.1, 0.15) is 0 Å². The Kier molecular flexibility index (Phi) is 2.50. The molecule has 3 saturated heterocycles. The van der Waals surface area contributed by atoms with Crippen LogP contribution in [-0.2, 0) is 0 Å². The Morgan fingerprint density at radius 2 is 1.36 bits per heavy atom. The number of hydrogen-bond donors (Lipinski definition) is 1. The van der Waals surface area contributed by atoms with Crippen molar-refractivity contribution < 1.29 is 0 Å². The molecule has 1 N–H and O–H groups in total. The highest BCUT2D eigenvalue weighted by molar-refractivity contribution is 4.98. The van der Waals surface area contributed by atoms with Crippen LogP contribution in [0.25, 0.3) is 0 Å². The van der Waals surface area contributed by atoms with Crippen LogP contribution in [0.2, 0.25) is 0 Å². The van der Waals surface area contributed by atoms with Crippen LogP contribution in [0.15, 0.2) is 0 Å². The molecule has 2 bridgehead atoms. The lowest BCUT2D eigenvalue weighted by Crippen LogP contribution is -2.39. The van der Waals surface area contributed by atoms with Crippen molar-refractivity contribution >= 4 is 0 Å². The fraction of sp³-hybridized carbons (Fsp3) is 1.00. The van der Waals surface area contributed by atoms with Crippen LogP contribution in [0.4, 0.5) is 0 Å². The third-order valence-corrected chi connectivity index (χ3v) is 4.48. The normalized spacial score (nSPS) is 44.1. The van der Waals surface area contributed by atoms with Crippen LogP contribution in [0.1, 0.15) is 44.9 Å². The van der Waals surface area contributed by atoms with Gasteiger partial charge in [-0.05, 0) is 58.0 Å². The van der Waals surface area contributed by atoms with E-state index in [9.17, 15) is 0 Å². The van der Waals surface area contributed by atoms with Crippen LogP contribution in [-0.4, -0.2) is 36.1 Å². The van der Waals surface area contributed by atoms with Gasteiger partial charge < -0.3 is 5.32 Å². The smallest absolute Gasteiger partial charge is 0.0114 e. The Morgan fingerprint density at radius 3 is 2.07 bits per heavy atom. The highest BCUT2D eigenvalue weighted by Gasteiger charge is 2.42. The first-order valence-electron chi connectivity index (χ1n) is 6.43. The summed E-state index contributed by atoms with van der Waals surface area (Å²) in [7, 11) is 0. The summed E-state index contributed by atoms with van der Waals surface area (Å²) >= 11 is 0. The second kappa shape index (κ2) is 3.82. The van der Waals surface area contributed by atoms with Crippen molar-refractivity contribution in [3.63, 3.8) is 0 Å². The van der Waals surface area contributed by atoms with Crippen LogP contribution in [0.3, 0.4) is 0 Å². The lowest BCUT2D eigenvalue weighted by molar-refractivity contribution is 0.162. The molecule has 1 unspecified atom stereocenters. The molecule has 80 valence electrons. The maximum Gasteiger partial charge on any atom is 0.0114 e. The minimum Gasteiger partial charge on any atom is -0.317 e. The van der Waals surface area contributed by atoms with Gasteiger partial charge in [-0.1, -0.05) is 0 Å². The van der Waals surface area contributed by atoms with E-state index in [2.05, 4.69) is 10.2 Å². The molecule has 0 aromatic carbocycles. The molecule has 3 fully saturated rings. The molecule has 0 amide bonds. The number of hydrogen-bond acceptors (Lipinski definition) is 2. The molecule has 2 nitrogen and oxygen atoms in total. The highest BCUT2D eigenvalue weighted by Crippen LogP contribution is 2.40. The average Bonchev–Trinajstić information content (AvgIpc) is 2.69. The largest absolute Gasteiger partial charge is 0.317 e. The van der Waals surface area contributed by atoms with Crippen molar-refractivity contribution in [1.29, 1.82) is 0 Å². The molecule has 0 aromatic heterocycles. The average molecular weight is 194 g/mol. The number of rotatable bonds is 1. The molecule has 3 aliphatic heterocycles. The van der Waals surface area contributed by atoms with E-state index in [0.717, 1.165) is 18.1 Å². The van der Waals surface area contributed by atoms with Crippen molar-refractivity contribution in [1.82, 2.24) is 10.2 Å². The van der Waals surface area contributed by atoms with Gasteiger partial charge in [-0.15, -0.1) is 0 Å². The summed E-state index contributed by atoms with van der Waals surface area (Å²) < 4.78 is 0. The molecule has 1 atom stereocenters. The van der Waals surface area contributed by atoms with Crippen molar-refractivity contribution in [3.05, 3.63) is 0 Å². The minimum absolute atomic E-state index is 0.921. The summed E-state index contributed by atoms with van der Waals surface area (Å²) in [5.74, 6) is 0. The predicted molar refractivity (Wildman–Crippen MR) is 58.4 cm³/mol. The van der Waals surface area contributed by atoms with Crippen LogP contribution < -0.4 is 5.32 Å². The minimum atomic E-state index is 0.921. The van der Waals surface area contributed by atoms with Gasteiger partial charge in [-0.25, -0.2) is 0 Å². The Bertz CT molecular complexity index is 176. The summed E-state index contributed by atoms with van der Waals surface area (Å²) in [6.07, 6.45) is 10.2. The van der Waals surface area contributed by atoms with E-state index in [1.54, 1.807) is 0 Å². The molecule has 3 aliphatic rings. The second-order valence-corrected chi connectivity index (χ2v) is 5.24. The van der Waals surface area contributed by atoms with E-state index in [1.165, 1.54) is 58.0 Å². The van der Waals surface area contributed by atoms with Gasteiger partial charge in [0.25, 0.3) is 0 Å². The molecule has 3 rings (SSSR count). The Hall–Kier alpha value is -0.0800. The molecule has 0 radical (unpaired) electrons. The van der Waals surface area contributed by atoms with Crippen LogP contribution in [0, 0.1) is 0 Å². The number of nitrogens with zero attached hydrogens (tertiary/aromatic N) is 1. The molecule has 3 heterocycles. The number of fused-ring (bicyclic) bond motifs is 2. The zero-order chi connectivity index (χ0) is 9.38. The summed E-state index contributed by atoms with van der Waals surface area (Å²) in [6.45, 7) is 2.50. The molecular formula is C12H22N2. The third-order valence-electron chi connectivity index (χ3n) is 4.48. The molecule has 0 aliphatic carbocycles. The SMILES string of the molecule is C1CNCCC(N2C3CCC2CC3)C1. The highest BCUT2D eigenvalue weighted by atomic mass is 15.3.